The normalized spacial score (nSPS) is 10.7. The third kappa shape index (κ3) is 5.07. The number of hydrogen-bond donors (Lipinski definition) is 1. The zero-order valence-corrected chi connectivity index (χ0v) is 15.0. The number of para-hydroxylation sites is 1. The predicted molar refractivity (Wildman–Crippen MR) is 97.3 cm³/mol. The van der Waals surface area contributed by atoms with E-state index in [1.807, 2.05) is 24.3 Å². The fraction of sp³-hybridized carbons (Fsp3) is 0.211. The Labute approximate surface area is 158 Å². The number of nitrogens with one attached hydrogen (secondary N) is 1. The highest BCUT2D eigenvalue weighted by Crippen LogP contribution is 2.22. The van der Waals surface area contributed by atoms with E-state index in [-0.39, 0.29) is 25.1 Å². The van der Waals surface area contributed by atoms with Crippen LogP contribution in [0.5, 0.6) is 0 Å². The smallest absolute Gasteiger partial charge is 0.306 e. The van der Waals surface area contributed by atoms with Crippen molar-refractivity contribution in [1.82, 2.24) is 10.3 Å². The fourth-order valence-electron chi connectivity index (χ4n) is 2.40. The van der Waals surface area contributed by atoms with Crippen molar-refractivity contribution in [2.45, 2.75) is 19.4 Å². The second-order valence-corrected chi connectivity index (χ2v) is 6.83. The number of thiazole rings is 1. The van der Waals surface area contributed by atoms with Crippen molar-refractivity contribution in [2.24, 2.45) is 0 Å². The van der Waals surface area contributed by atoms with E-state index < -0.39 is 23.5 Å². The first-order chi connectivity index (χ1) is 13.0. The van der Waals surface area contributed by atoms with Gasteiger partial charge in [0.1, 0.15) is 23.2 Å². The van der Waals surface area contributed by atoms with Crippen LogP contribution in [-0.4, -0.2) is 23.4 Å². The van der Waals surface area contributed by atoms with Gasteiger partial charge >= 0.3 is 5.97 Å². The molecule has 0 bridgehead atoms. The van der Waals surface area contributed by atoms with Crippen LogP contribution in [-0.2, 0) is 16.1 Å². The molecule has 140 valence electrons. The Morgan fingerprint density at radius 2 is 1.96 bits per heavy atom. The lowest BCUT2D eigenvalue weighted by atomic mass is 10.2. The number of hydrogen-bond acceptors (Lipinski definition) is 5. The van der Waals surface area contributed by atoms with E-state index in [0.717, 1.165) is 22.3 Å². The number of nitrogens with zero attached hydrogens (tertiary/aromatic N) is 1. The zero-order chi connectivity index (χ0) is 19.2. The standard InChI is InChI=1S/C19H16F2N2O3S/c20-12-7-8-13(14(21)10-12)19(25)22-9-3-6-18(24)26-11-17-23-15-4-1-2-5-16(15)27-17/h1-2,4-5,7-8,10H,3,6,9,11H2,(H,22,25). The van der Waals surface area contributed by atoms with Gasteiger partial charge < -0.3 is 10.1 Å². The van der Waals surface area contributed by atoms with Gasteiger partial charge in [0.05, 0.1) is 15.8 Å². The van der Waals surface area contributed by atoms with Crippen LogP contribution in [0.2, 0.25) is 0 Å². The molecule has 3 rings (SSSR count). The topological polar surface area (TPSA) is 68.3 Å². The second kappa shape index (κ2) is 8.68. The van der Waals surface area contributed by atoms with Gasteiger partial charge in [0.25, 0.3) is 5.91 Å². The maximum absolute atomic E-state index is 13.5. The molecule has 1 N–H and O–H groups in total. The highest BCUT2D eigenvalue weighted by Gasteiger charge is 2.12. The Kier molecular flexibility index (Phi) is 6.08. The van der Waals surface area contributed by atoms with Crippen molar-refractivity contribution in [1.29, 1.82) is 0 Å². The molecule has 27 heavy (non-hydrogen) atoms. The molecule has 2 aromatic carbocycles. The molecule has 1 amide bonds. The lowest BCUT2D eigenvalue weighted by Crippen LogP contribution is -2.26. The van der Waals surface area contributed by atoms with Gasteiger partial charge in [0, 0.05) is 19.0 Å². The van der Waals surface area contributed by atoms with Crippen molar-refractivity contribution < 1.29 is 23.1 Å². The van der Waals surface area contributed by atoms with Crippen molar-refractivity contribution >= 4 is 33.4 Å². The van der Waals surface area contributed by atoms with Gasteiger partial charge in [-0.05, 0) is 30.7 Å². The van der Waals surface area contributed by atoms with Crippen molar-refractivity contribution in [3.8, 4) is 0 Å². The summed E-state index contributed by atoms with van der Waals surface area (Å²) < 4.78 is 32.5. The molecular formula is C19H16F2N2O3S. The minimum Gasteiger partial charge on any atom is -0.458 e. The Morgan fingerprint density at radius 3 is 2.74 bits per heavy atom. The van der Waals surface area contributed by atoms with Crippen LogP contribution < -0.4 is 5.32 Å². The van der Waals surface area contributed by atoms with Crippen LogP contribution in [0.3, 0.4) is 0 Å². The molecule has 0 aliphatic carbocycles. The number of rotatable bonds is 7. The van der Waals surface area contributed by atoms with E-state index in [4.69, 9.17) is 4.74 Å². The number of benzene rings is 2. The number of carbonyl (C=O) groups is 2. The molecule has 8 heteroatoms. The van der Waals surface area contributed by atoms with E-state index in [9.17, 15) is 18.4 Å². The Hall–Kier alpha value is -2.87. The van der Waals surface area contributed by atoms with E-state index in [1.54, 1.807) is 0 Å². The third-order valence-electron chi connectivity index (χ3n) is 3.71. The first-order valence-electron chi connectivity index (χ1n) is 8.26. The molecule has 1 heterocycles. The molecule has 0 unspecified atom stereocenters. The second-order valence-electron chi connectivity index (χ2n) is 5.72. The van der Waals surface area contributed by atoms with Crippen LogP contribution in [0.15, 0.2) is 42.5 Å². The molecule has 0 aliphatic heterocycles. The van der Waals surface area contributed by atoms with Gasteiger partial charge in [-0.2, -0.15) is 0 Å². The predicted octanol–water partition coefficient (Wildman–Crippen LogP) is 3.83. The minimum absolute atomic E-state index is 0.103. The van der Waals surface area contributed by atoms with Crippen molar-refractivity contribution in [3.63, 3.8) is 0 Å². The first kappa shape index (κ1) is 18.9. The molecule has 3 aromatic rings. The summed E-state index contributed by atoms with van der Waals surface area (Å²) in [6.07, 6.45) is 0.449. The van der Waals surface area contributed by atoms with Crippen LogP contribution in [0, 0.1) is 11.6 Å². The number of aromatic nitrogens is 1. The first-order valence-corrected chi connectivity index (χ1v) is 9.08. The average Bonchev–Trinajstić information content (AvgIpc) is 3.06. The van der Waals surface area contributed by atoms with Crippen LogP contribution >= 0.6 is 11.3 Å². The van der Waals surface area contributed by atoms with Gasteiger partial charge in [-0.3, -0.25) is 9.59 Å². The van der Waals surface area contributed by atoms with Gasteiger partial charge in [-0.25, -0.2) is 13.8 Å². The number of ether oxygens (including phenoxy) is 1. The summed E-state index contributed by atoms with van der Waals surface area (Å²) in [6, 6.07) is 10.4. The summed E-state index contributed by atoms with van der Waals surface area (Å²) in [5.41, 5.74) is 0.624. The van der Waals surface area contributed by atoms with Gasteiger partial charge in [-0.15, -0.1) is 11.3 Å². The molecule has 0 spiro atoms. The largest absolute Gasteiger partial charge is 0.458 e. The number of carbonyl (C=O) groups excluding carboxylic acids is 2. The van der Waals surface area contributed by atoms with Crippen LogP contribution in [0.1, 0.15) is 28.2 Å². The maximum Gasteiger partial charge on any atom is 0.306 e. The quantitative estimate of drug-likeness (QED) is 0.492. The molecule has 1 aromatic heterocycles. The highest BCUT2D eigenvalue weighted by molar-refractivity contribution is 7.18. The van der Waals surface area contributed by atoms with E-state index in [2.05, 4.69) is 10.3 Å². The summed E-state index contributed by atoms with van der Waals surface area (Å²) in [6.45, 7) is 0.275. The average molecular weight is 390 g/mol. The fourth-order valence-corrected chi connectivity index (χ4v) is 3.28. The van der Waals surface area contributed by atoms with Gasteiger partial charge in [0.15, 0.2) is 0 Å². The summed E-state index contributed by atoms with van der Waals surface area (Å²) in [5.74, 6) is -2.74. The molecule has 0 fully saturated rings. The lowest BCUT2D eigenvalue weighted by molar-refractivity contribution is -0.145. The number of halogens is 2. The molecule has 0 atom stereocenters. The van der Waals surface area contributed by atoms with Crippen molar-refractivity contribution in [3.05, 3.63) is 64.7 Å². The van der Waals surface area contributed by atoms with Crippen LogP contribution in [0.25, 0.3) is 10.2 Å². The molecule has 0 saturated carbocycles. The maximum atomic E-state index is 13.5. The lowest BCUT2D eigenvalue weighted by Gasteiger charge is -2.06. The molecule has 0 saturated heterocycles. The molecule has 5 nitrogen and oxygen atoms in total. The van der Waals surface area contributed by atoms with Crippen LogP contribution in [0.4, 0.5) is 8.78 Å². The van der Waals surface area contributed by atoms with Gasteiger partial charge in [0.2, 0.25) is 0 Å². The summed E-state index contributed by atoms with van der Waals surface area (Å²) in [7, 11) is 0. The molecule has 0 aliphatic rings. The summed E-state index contributed by atoms with van der Waals surface area (Å²) in [5, 5.41) is 3.20. The third-order valence-corrected chi connectivity index (χ3v) is 4.72. The minimum atomic E-state index is -0.928. The Balaban J connectivity index is 1.38. The zero-order valence-electron chi connectivity index (χ0n) is 14.2. The molecular weight excluding hydrogens is 374 g/mol. The molecule has 0 radical (unpaired) electrons. The van der Waals surface area contributed by atoms with E-state index in [1.165, 1.54) is 11.3 Å². The Morgan fingerprint density at radius 1 is 1.15 bits per heavy atom. The van der Waals surface area contributed by atoms with Crippen molar-refractivity contribution in [2.75, 3.05) is 6.54 Å². The highest BCUT2D eigenvalue weighted by atomic mass is 32.1. The Bertz CT molecular complexity index is 941. The summed E-state index contributed by atoms with van der Waals surface area (Å²) >= 11 is 1.46. The number of esters is 1. The monoisotopic (exact) mass is 390 g/mol. The van der Waals surface area contributed by atoms with E-state index in [0.29, 0.717) is 17.5 Å². The SMILES string of the molecule is O=C(CCCNC(=O)c1ccc(F)cc1F)OCc1nc2ccccc2s1. The van der Waals surface area contributed by atoms with E-state index >= 15 is 0 Å². The van der Waals surface area contributed by atoms with Gasteiger partial charge in [-0.1, -0.05) is 12.1 Å². The number of amides is 1. The summed E-state index contributed by atoms with van der Waals surface area (Å²) in [4.78, 5) is 28.0. The number of fused-ring (bicyclic) bond motifs is 1.